The molecule has 82 valence electrons. The molecule has 0 heterocycles. The van der Waals surface area contributed by atoms with Gasteiger partial charge >= 0.3 is 0 Å². The molecule has 0 unspecified atom stereocenters. The Bertz CT molecular complexity index is 495. The van der Waals surface area contributed by atoms with Crippen molar-refractivity contribution in [3.05, 3.63) is 27.3 Å². The zero-order valence-electron chi connectivity index (χ0n) is 8.18. The van der Waals surface area contributed by atoms with Crippen LogP contribution in [0.1, 0.15) is 5.56 Å². The maximum Gasteiger partial charge on any atom is 0.223 e. The summed E-state index contributed by atoms with van der Waals surface area (Å²) in [5.74, 6) is -0.261. The van der Waals surface area contributed by atoms with Gasteiger partial charge in [0.2, 0.25) is 5.96 Å². The van der Waals surface area contributed by atoms with Crippen LogP contribution in [-0.2, 0) is 0 Å². The molecule has 0 aliphatic rings. The Morgan fingerprint density at radius 3 is 2.56 bits per heavy atom. The van der Waals surface area contributed by atoms with Crippen LogP contribution in [-0.4, -0.2) is 11.9 Å². The lowest BCUT2D eigenvalue weighted by molar-refractivity contribution is 1.36. The largest absolute Gasteiger partial charge is 0.370 e. The summed E-state index contributed by atoms with van der Waals surface area (Å²) in [6.07, 6.45) is 0. The lowest BCUT2D eigenvalue weighted by Crippen LogP contribution is -2.26. The third-order valence-corrected chi connectivity index (χ3v) is 2.23. The third-order valence-electron chi connectivity index (χ3n) is 1.56. The summed E-state index contributed by atoms with van der Waals surface area (Å²) in [5.41, 5.74) is 16.6. The third kappa shape index (κ3) is 3.39. The molecule has 0 bridgehead atoms. The summed E-state index contributed by atoms with van der Waals surface area (Å²) in [7, 11) is 0. The number of rotatable bonds is 1. The van der Waals surface area contributed by atoms with Crippen LogP contribution in [0.3, 0.4) is 0 Å². The molecule has 0 saturated heterocycles. The number of benzene rings is 1. The molecule has 6 nitrogen and oxygen atoms in total. The summed E-state index contributed by atoms with van der Waals surface area (Å²) < 4.78 is 0.938. The fourth-order valence-electron chi connectivity index (χ4n) is 0.976. The molecule has 0 atom stereocenters. The SMILES string of the molecule is N#Cc1cc(I)ccc1N=C(N)N=C(N)N. The van der Waals surface area contributed by atoms with E-state index >= 15 is 0 Å². The van der Waals surface area contributed by atoms with Crippen molar-refractivity contribution in [1.82, 2.24) is 0 Å². The molecule has 7 heteroatoms. The molecular formula is C9H9IN6. The molecule has 0 radical (unpaired) electrons. The number of hydrogen-bond acceptors (Lipinski definition) is 2. The molecule has 0 saturated carbocycles. The first-order chi connectivity index (χ1) is 7.52. The number of halogens is 1. The van der Waals surface area contributed by atoms with Crippen molar-refractivity contribution in [3.8, 4) is 6.07 Å². The maximum absolute atomic E-state index is 8.89. The van der Waals surface area contributed by atoms with Crippen molar-refractivity contribution in [1.29, 1.82) is 5.26 Å². The number of aliphatic imine (C=N–C) groups is 2. The number of nitrogens with two attached hydrogens (primary N) is 3. The first-order valence-corrected chi connectivity index (χ1v) is 5.24. The van der Waals surface area contributed by atoms with Gasteiger partial charge in [0.1, 0.15) is 6.07 Å². The lowest BCUT2D eigenvalue weighted by Gasteiger charge is -1.99. The molecule has 1 rings (SSSR count). The molecule has 6 N–H and O–H groups in total. The zero-order chi connectivity index (χ0) is 12.1. The van der Waals surface area contributed by atoms with E-state index < -0.39 is 0 Å². The molecule has 16 heavy (non-hydrogen) atoms. The molecule has 0 aliphatic carbocycles. The van der Waals surface area contributed by atoms with E-state index in [0.717, 1.165) is 3.57 Å². The van der Waals surface area contributed by atoms with Crippen LogP contribution in [0.5, 0.6) is 0 Å². The summed E-state index contributed by atoms with van der Waals surface area (Å²) in [4.78, 5) is 7.49. The van der Waals surface area contributed by atoms with E-state index in [4.69, 9.17) is 22.5 Å². The molecule has 1 aromatic carbocycles. The second-order valence-corrected chi connectivity index (χ2v) is 4.03. The first-order valence-electron chi connectivity index (χ1n) is 4.16. The van der Waals surface area contributed by atoms with Crippen LogP contribution >= 0.6 is 22.6 Å². The zero-order valence-corrected chi connectivity index (χ0v) is 10.3. The number of nitriles is 1. The van der Waals surface area contributed by atoms with Crippen molar-refractivity contribution >= 4 is 40.2 Å². The van der Waals surface area contributed by atoms with Gasteiger partial charge in [-0.1, -0.05) is 0 Å². The van der Waals surface area contributed by atoms with Crippen LogP contribution in [0.2, 0.25) is 0 Å². The fraction of sp³-hybridized carbons (Fsp3) is 0. The Kier molecular flexibility index (Phi) is 4.07. The van der Waals surface area contributed by atoms with Crippen LogP contribution in [0, 0.1) is 14.9 Å². The Morgan fingerprint density at radius 1 is 1.31 bits per heavy atom. The van der Waals surface area contributed by atoms with Gasteiger partial charge in [-0.25, -0.2) is 4.99 Å². The van der Waals surface area contributed by atoms with Crippen LogP contribution in [0.25, 0.3) is 0 Å². The lowest BCUT2D eigenvalue weighted by atomic mass is 10.2. The van der Waals surface area contributed by atoms with E-state index in [1.165, 1.54) is 0 Å². The highest BCUT2D eigenvalue weighted by Crippen LogP contribution is 2.20. The predicted molar refractivity (Wildman–Crippen MR) is 71.0 cm³/mol. The van der Waals surface area contributed by atoms with Gasteiger partial charge in [0, 0.05) is 3.57 Å². The molecule has 0 amide bonds. The van der Waals surface area contributed by atoms with E-state index in [0.29, 0.717) is 11.3 Å². The molecule has 0 aliphatic heterocycles. The van der Waals surface area contributed by atoms with E-state index in [2.05, 4.69) is 32.6 Å². The van der Waals surface area contributed by atoms with Gasteiger partial charge < -0.3 is 17.2 Å². The van der Waals surface area contributed by atoms with Gasteiger partial charge in [-0.3, -0.25) is 0 Å². The monoisotopic (exact) mass is 328 g/mol. The van der Waals surface area contributed by atoms with Gasteiger partial charge in [0.25, 0.3) is 0 Å². The maximum atomic E-state index is 8.89. The highest BCUT2D eigenvalue weighted by molar-refractivity contribution is 14.1. The normalized spacial score (nSPS) is 10.6. The average molecular weight is 328 g/mol. The Labute approximate surface area is 106 Å². The smallest absolute Gasteiger partial charge is 0.223 e. The molecule has 0 aromatic heterocycles. The standard InChI is InChI=1S/C9H9IN6/c10-6-1-2-7(5(3-6)4-11)15-9(14)16-8(12)13/h1-3H,(H6,12,13,14,15,16). The Hall–Kier alpha value is -1.82. The topological polar surface area (TPSA) is 127 Å². The second-order valence-electron chi connectivity index (χ2n) is 2.78. The van der Waals surface area contributed by atoms with Crippen LogP contribution in [0.15, 0.2) is 28.2 Å². The average Bonchev–Trinajstić information content (AvgIpc) is 2.19. The molecule has 0 fully saturated rings. The highest BCUT2D eigenvalue weighted by atomic mass is 127. The van der Waals surface area contributed by atoms with Crippen molar-refractivity contribution in [3.63, 3.8) is 0 Å². The Balaban J connectivity index is 3.16. The van der Waals surface area contributed by atoms with E-state index in [1.54, 1.807) is 12.1 Å². The number of guanidine groups is 2. The summed E-state index contributed by atoms with van der Waals surface area (Å²) in [6.45, 7) is 0. The molecule has 1 aromatic rings. The first kappa shape index (κ1) is 12.3. The fourth-order valence-corrected chi connectivity index (χ4v) is 1.47. The quantitative estimate of drug-likeness (QED) is 0.391. The number of hydrogen-bond donors (Lipinski definition) is 3. The molecule has 0 spiro atoms. The summed E-state index contributed by atoms with van der Waals surface area (Å²) in [5, 5.41) is 8.89. The van der Waals surface area contributed by atoms with Crippen LogP contribution < -0.4 is 17.2 Å². The van der Waals surface area contributed by atoms with Crippen molar-refractivity contribution < 1.29 is 0 Å². The van der Waals surface area contributed by atoms with Gasteiger partial charge in [0.05, 0.1) is 11.3 Å². The van der Waals surface area contributed by atoms with Crippen molar-refractivity contribution in [2.24, 2.45) is 27.2 Å². The Morgan fingerprint density at radius 2 is 2.00 bits per heavy atom. The minimum Gasteiger partial charge on any atom is -0.370 e. The predicted octanol–water partition coefficient (Wildman–Crippen LogP) is 0.382. The highest BCUT2D eigenvalue weighted by Gasteiger charge is 2.02. The summed E-state index contributed by atoms with van der Waals surface area (Å²) in [6, 6.07) is 7.20. The van der Waals surface area contributed by atoms with Crippen LogP contribution in [0.4, 0.5) is 5.69 Å². The van der Waals surface area contributed by atoms with Gasteiger partial charge in [-0.2, -0.15) is 10.3 Å². The van der Waals surface area contributed by atoms with Crippen molar-refractivity contribution in [2.45, 2.75) is 0 Å². The van der Waals surface area contributed by atoms with Gasteiger partial charge in [-0.15, -0.1) is 0 Å². The number of nitrogens with zero attached hydrogens (tertiary/aromatic N) is 3. The van der Waals surface area contributed by atoms with E-state index in [1.807, 2.05) is 12.1 Å². The summed E-state index contributed by atoms with van der Waals surface area (Å²) >= 11 is 2.10. The van der Waals surface area contributed by atoms with Crippen molar-refractivity contribution in [2.75, 3.05) is 0 Å². The van der Waals surface area contributed by atoms with E-state index in [9.17, 15) is 0 Å². The minimum absolute atomic E-state index is 0.0855. The molecular weight excluding hydrogens is 319 g/mol. The van der Waals surface area contributed by atoms with Gasteiger partial charge in [0.15, 0.2) is 5.96 Å². The van der Waals surface area contributed by atoms with Gasteiger partial charge in [-0.05, 0) is 40.8 Å². The second kappa shape index (κ2) is 5.32. The minimum atomic E-state index is -0.176. The van der Waals surface area contributed by atoms with E-state index in [-0.39, 0.29) is 11.9 Å².